The molecule has 1 aromatic carbocycles. The number of hydrogen-bond acceptors (Lipinski definition) is 4. The summed E-state index contributed by atoms with van der Waals surface area (Å²) in [5.74, 6) is -0.433. The van der Waals surface area contributed by atoms with Crippen LogP contribution >= 0.6 is 15.9 Å². The van der Waals surface area contributed by atoms with Crippen LogP contribution in [0.5, 0.6) is 0 Å². The van der Waals surface area contributed by atoms with Gasteiger partial charge < -0.3 is 4.74 Å². The van der Waals surface area contributed by atoms with Gasteiger partial charge in [0.2, 0.25) is 0 Å². The molecule has 0 fully saturated rings. The fraction of sp³-hybridized carbons (Fsp3) is 0.357. The van der Waals surface area contributed by atoms with Crippen LogP contribution in [0.2, 0.25) is 0 Å². The summed E-state index contributed by atoms with van der Waals surface area (Å²) in [4.78, 5) is 22.5. The average Bonchev–Trinajstić information content (AvgIpc) is 2.38. The molecule has 0 aliphatic carbocycles. The number of nitriles is 1. The van der Waals surface area contributed by atoms with Gasteiger partial charge in [0.25, 0.3) is 0 Å². The molecule has 0 N–H and O–H groups in total. The number of hydrogen-bond donors (Lipinski definition) is 0. The van der Waals surface area contributed by atoms with Gasteiger partial charge in [0.05, 0.1) is 29.5 Å². The molecule has 0 heterocycles. The van der Waals surface area contributed by atoms with Gasteiger partial charge in [-0.15, -0.1) is 0 Å². The smallest absolute Gasteiger partial charge is 0.310 e. The Morgan fingerprint density at radius 1 is 1.47 bits per heavy atom. The van der Waals surface area contributed by atoms with E-state index < -0.39 is 4.83 Å². The van der Waals surface area contributed by atoms with Crippen molar-refractivity contribution in [2.24, 2.45) is 0 Å². The van der Waals surface area contributed by atoms with Crippen LogP contribution in [0.4, 0.5) is 0 Å². The van der Waals surface area contributed by atoms with Crippen molar-refractivity contribution in [3.05, 3.63) is 34.9 Å². The zero-order valence-corrected chi connectivity index (χ0v) is 12.4. The Balaban J connectivity index is 3.13. The van der Waals surface area contributed by atoms with Crippen molar-refractivity contribution >= 4 is 27.7 Å². The van der Waals surface area contributed by atoms with Gasteiger partial charge in [0.1, 0.15) is 5.78 Å². The van der Waals surface area contributed by atoms with Crippen LogP contribution in [0.1, 0.15) is 35.4 Å². The number of halogens is 1. The molecule has 1 unspecified atom stereocenters. The molecule has 0 spiro atoms. The molecule has 0 bridgehead atoms. The third kappa shape index (κ3) is 4.18. The predicted octanol–water partition coefficient (Wildman–Crippen LogP) is 2.69. The highest BCUT2D eigenvalue weighted by Gasteiger charge is 2.19. The lowest BCUT2D eigenvalue weighted by Gasteiger charge is -2.13. The van der Waals surface area contributed by atoms with Crippen LogP contribution in [0, 0.1) is 11.3 Å². The number of ether oxygens (including phenoxy) is 1. The molecule has 0 radical (unpaired) electrons. The quantitative estimate of drug-likeness (QED) is 0.617. The van der Waals surface area contributed by atoms with Crippen molar-refractivity contribution in [1.82, 2.24) is 0 Å². The molecule has 5 heteroatoms. The number of rotatable bonds is 5. The van der Waals surface area contributed by atoms with Crippen molar-refractivity contribution in [2.75, 3.05) is 6.61 Å². The normalized spacial score (nSPS) is 11.5. The van der Waals surface area contributed by atoms with E-state index in [1.54, 1.807) is 25.1 Å². The topological polar surface area (TPSA) is 67.2 Å². The summed E-state index contributed by atoms with van der Waals surface area (Å²) in [5, 5.41) is 8.90. The molecular weight excluding hydrogens is 310 g/mol. The van der Waals surface area contributed by atoms with Crippen LogP contribution in [-0.4, -0.2) is 18.4 Å². The van der Waals surface area contributed by atoms with E-state index in [1.807, 2.05) is 6.07 Å². The van der Waals surface area contributed by atoms with Gasteiger partial charge >= 0.3 is 5.97 Å². The number of alkyl halides is 1. The summed E-state index contributed by atoms with van der Waals surface area (Å²) in [7, 11) is 0. The minimum Gasteiger partial charge on any atom is -0.466 e. The summed E-state index contributed by atoms with van der Waals surface area (Å²) >= 11 is 3.28. The van der Waals surface area contributed by atoms with Crippen LogP contribution < -0.4 is 0 Å². The van der Waals surface area contributed by atoms with E-state index >= 15 is 0 Å². The number of Topliss-reactive ketones (excluding diaryl/α,β-unsaturated/α-hetero) is 1. The summed E-state index contributed by atoms with van der Waals surface area (Å²) in [6, 6.07) is 6.94. The van der Waals surface area contributed by atoms with E-state index in [1.165, 1.54) is 6.92 Å². The third-order valence-corrected chi connectivity index (χ3v) is 3.68. The Kier molecular flexibility index (Phi) is 5.71. The van der Waals surface area contributed by atoms with E-state index in [0.29, 0.717) is 23.3 Å². The number of carbonyl (C=O) groups excluding carboxylic acids is 2. The number of esters is 1. The van der Waals surface area contributed by atoms with Gasteiger partial charge in [-0.3, -0.25) is 9.59 Å². The van der Waals surface area contributed by atoms with Gasteiger partial charge in [-0.2, -0.15) is 5.26 Å². The minimum atomic E-state index is -0.523. The Morgan fingerprint density at radius 2 is 2.16 bits per heavy atom. The fourth-order valence-electron chi connectivity index (χ4n) is 1.65. The number of carbonyl (C=O) groups is 2. The van der Waals surface area contributed by atoms with Gasteiger partial charge in [-0.25, -0.2) is 0 Å². The highest BCUT2D eigenvalue weighted by molar-refractivity contribution is 9.09. The zero-order chi connectivity index (χ0) is 14.4. The SMILES string of the molecule is CCOC(=O)Cc1ccc(C#N)cc1C(Br)C(C)=O. The lowest BCUT2D eigenvalue weighted by molar-refractivity contribution is -0.142. The third-order valence-electron chi connectivity index (χ3n) is 2.55. The molecule has 1 atom stereocenters. The Morgan fingerprint density at radius 3 is 2.68 bits per heavy atom. The summed E-state index contributed by atoms with van der Waals surface area (Å²) in [5.41, 5.74) is 1.78. The summed E-state index contributed by atoms with van der Waals surface area (Å²) in [6.07, 6.45) is 0.0876. The second-order valence-electron chi connectivity index (χ2n) is 3.98. The maximum Gasteiger partial charge on any atom is 0.310 e. The van der Waals surface area contributed by atoms with Crippen molar-refractivity contribution in [3.63, 3.8) is 0 Å². The van der Waals surface area contributed by atoms with Gasteiger partial charge in [0, 0.05) is 0 Å². The molecule has 0 saturated carbocycles. The molecule has 1 aromatic rings. The number of nitrogens with zero attached hydrogens (tertiary/aromatic N) is 1. The fourth-order valence-corrected chi connectivity index (χ4v) is 2.07. The molecule has 0 amide bonds. The second kappa shape index (κ2) is 7.05. The van der Waals surface area contributed by atoms with Gasteiger partial charge in [-0.1, -0.05) is 22.0 Å². The van der Waals surface area contributed by atoms with Crippen LogP contribution in [0.25, 0.3) is 0 Å². The average molecular weight is 324 g/mol. The largest absolute Gasteiger partial charge is 0.466 e. The van der Waals surface area contributed by atoms with Crippen LogP contribution in [0.15, 0.2) is 18.2 Å². The maximum atomic E-state index is 11.5. The molecule has 4 nitrogen and oxygen atoms in total. The highest BCUT2D eigenvalue weighted by Crippen LogP contribution is 2.28. The Bertz CT molecular complexity index is 534. The number of benzene rings is 1. The van der Waals surface area contributed by atoms with Crippen molar-refractivity contribution in [2.45, 2.75) is 25.1 Å². The first-order valence-electron chi connectivity index (χ1n) is 5.82. The predicted molar refractivity (Wildman–Crippen MR) is 73.8 cm³/mol. The molecule has 1 rings (SSSR count). The standard InChI is InChI=1S/C14H14BrNO3/c1-3-19-13(18)7-11-5-4-10(8-16)6-12(11)14(15)9(2)17/h4-6,14H,3,7H2,1-2H3. The van der Waals surface area contributed by atoms with Crippen LogP contribution in [0.3, 0.4) is 0 Å². The molecular formula is C14H14BrNO3. The first-order chi connectivity index (χ1) is 8.99. The monoisotopic (exact) mass is 323 g/mol. The zero-order valence-electron chi connectivity index (χ0n) is 10.8. The molecule has 0 aliphatic heterocycles. The van der Waals surface area contributed by atoms with Crippen molar-refractivity contribution < 1.29 is 14.3 Å². The molecule has 19 heavy (non-hydrogen) atoms. The highest BCUT2D eigenvalue weighted by atomic mass is 79.9. The molecule has 0 aliphatic rings. The number of ketones is 1. The maximum absolute atomic E-state index is 11.5. The molecule has 100 valence electrons. The molecule has 0 saturated heterocycles. The van der Waals surface area contributed by atoms with Gasteiger partial charge in [-0.05, 0) is 37.1 Å². The van der Waals surface area contributed by atoms with E-state index in [4.69, 9.17) is 10.00 Å². The van der Waals surface area contributed by atoms with E-state index in [2.05, 4.69) is 15.9 Å². The molecule has 0 aromatic heterocycles. The van der Waals surface area contributed by atoms with Crippen LogP contribution in [-0.2, 0) is 20.7 Å². The summed E-state index contributed by atoms with van der Waals surface area (Å²) in [6.45, 7) is 3.50. The minimum absolute atomic E-state index is 0.0831. The second-order valence-corrected chi connectivity index (χ2v) is 4.90. The van der Waals surface area contributed by atoms with Crippen molar-refractivity contribution in [1.29, 1.82) is 5.26 Å². The van der Waals surface area contributed by atoms with Gasteiger partial charge in [0.15, 0.2) is 0 Å². The lowest BCUT2D eigenvalue weighted by Crippen LogP contribution is -2.12. The Hall–Kier alpha value is -1.67. The van der Waals surface area contributed by atoms with E-state index in [-0.39, 0.29) is 18.2 Å². The Labute approximate surface area is 120 Å². The first-order valence-corrected chi connectivity index (χ1v) is 6.74. The lowest BCUT2D eigenvalue weighted by atomic mass is 9.98. The van der Waals surface area contributed by atoms with E-state index in [9.17, 15) is 9.59 Å². The first kappa shape index (κ1) is 15.4. The van der Waals surface area contributed by atoms with E-state index in [0.717, 1.165) is 0 Å². The summed E-state index contributed by atoms with van der Waals surface area (Å²) < 4.78 is 4.89. The van der Waals surface area contributed by atoms with Crippen molar-refractivity contribution in [3.8, 4) is 6.07 Å².